The molecular weight excluding hydrogens is 224 g/mol. The van der Waals surface area contributed by atoms with Crippen LogP contribution in [-0.2, 0) is 4.74 Å². The van der Waals surface area contributed by atoms with E-state index in [0.717, 1.165) is 0 Å². The number of ether oxygens (including phenoxy) is 1. The van der Waals surface area contributed by atoms with E-state index >= 15 is 0 Å². The number of aliphatic imine (C=N–C) groups is 1. The summed E-state index contributed by atoms with van der Waals surface area (Å²) in [4.78, 5) is 19.4. The van der Waals surface area contributed by atoms with Crippen molar-refractivity contribution in [1.82, 2.24) is 9.55 Å². The Bertz CT molecular complexity index is 522. The molecule has 0 fully saturated rings. The van der Waals surface area contributed by atoms with Crippen molar-refractivity contribution in [3.05, 3.63) is 12.0 Å². The third-order valence-corrected chi connectivity index (χ3v) is 2.98. The Morgan fingerprint density at radius 1 is 1.65 bits per heavy atom. The van der Waals surface area contributed by atoms with Gasteiger partial charge in [0.1, 0.15) is 5.82 Å². The number of amidine groups is 1. The molecule has 0 radical (unpaired) electrons. The number of primary amides is 1. The quantitative estimate of drug-likeness (QED) is 0.578. The molecule has 3 atom stereocenters. The second-order valence-corrected chi connectivity index (χ2v) is 4.11. The van der Waals surface area contributed by atoms with Crippen molar-refractivity contribution < 1.29 is 9.53 Å². The lowest BCUT2D eigenvalue weighted by Crippen LogP contribution is -2.42. The zero-order chi connectivity index (χ0) is 12.2. The molecule has 0 unspecified atom stereocenters. The number of nitrogens with one attached hydrogen (secondary N) is 1. The standard InChI is InChI=1S/C9H12N6O2/c1-3-5-8(14-9(11)17-5)15-2-12-4(6(10)16)7(15)13-3/h2-3,5,8,13H,1H3,(H2,10,16)(H2,11,14)/t3-,5+,8+/m0/s1. The summed E-state index contributed by atoms with van der Waals surface area (Å²) < 4.78 is 7.12. The van der Waals surface area contributed by atoms with E-state index in [0.29, 0.717) is 5.82 Å². The van der Waals surface area contributed by atoms with E-state index in [-0.39, 0.29) is 30.0 Å². The molecule has 8 nitrogen and oxygen atoms in total. The number of imidazole rings is 1. The van der Waals surface area contributed by atoms with Crippen LogP contribution in [-0.4, -0.2) is 33.6 Å². The van der Waals surface area contributed by atoms with Gasteiger partial charge in [-0.15, -0.1) is 0 Å². The maximum atomic E-state index is 11.2. The lowest BCUT2D eigenvalue weighted by Gasteiger charge is -2.32. The monoisotopic (exact) mass is 236 g/mol. The van der Waals surface area contributed by atoms with Crippen LogP contribution in [0.2, 0.25) is 0 Å². The van der Waals surface area contributed by atoms with Crippen LogP contribution in [0, 0.1) is 0 Å². The van der Waals surface area contributed by atoms with Gasteiger partial charge in [0.05, 0.1) is 12.4 Å². The van der Waals surface area contributed by atoms with Gasteiger partial charge in [-0.3, -0.25) is 9.36 Å². The van der Waals surface area contributed by atoms with Gasteiger partial charge in [-0.1, -0.05) is 0 Å². The molecule has 1 amide bonds. The van der Waals surface area contributed by atoms with Gasteiger partial charge in [-0.05, 0) is 6.92 Å². The van der Waals surface area contributed by atoms with E-state index in [9.17, 15) is 4.79 Å². The Labute approximate surface area is 96.6 Å². The Balaban J connectivity index is 2.10. The SMILES string of the molecule is C[C@@H]1Nc2c(C(N)=O)ncn2[C@H]2N=C(N)O[C@H]12. The van der Waals surface area contributed by atoms with Gasteiger partial charge in [0.2, 0.25) is 0 Å². The minimum atomic E-state index is -0.576. The number of carbonyl (C=O) groups excluding carboxylic acids is 1. The number of amides is 1. The molecule has 0 spiro atoms. The highest BCUT2D eigenvalue weighted by atomic mass is 16.5. The van der Waals surface area contributed by atoms with Gasteiger partial charge in [-0.2, -0.15) is 0 Å². The van der Waals surface area contributed by atoms with Crippen LogP contribution in [0.4, 0.5) is 5.82 Å². The molecule has 5 N–H and O–H groups in total. The molecule has 3 rings (SSSR count). The minimum absolute atomic E-state index is 0.0351. The Hall–Kier alpha value is -2.25. The smallest absolute Gasteiger partial charge is 0.284 e. The Morgan fingerprint density at radius 2 is 2.41 bits per heavy atom. The van der Waals surface area contributed by atoms with Crippen molar-refractivity contribution in [1.29, 1.82) is 0 Å². The van der Waals surface area contributed by atoms with Crippen LogP contribution in [0.1, 0.15) is 23.6 Å². The average molecular weight is 236 g/mol. The third-order valence-electron chi connectivity index (χ3n) is 2.98. The molecule has 8 heteroatoms. The fourth-order valence-electron chi connectivity index (χ4n) is 2.20. The number of rotatable bonds is 1. The van der Waals surface area contributed by atoms with Crippen molar-refractivity contribution in [3.63, 3.8) is 0 Å². The highest BCUT2D eigenvalue weighted by molar-refractivity contribution is 5.96. The summed E-state index contributed by atoms with van der Waals surface area (Å²) in [5.74, 6) is -0.0129. The summed E-state index contributed by atoms with van der Waals surface area (Å²) in [6, 6.07) is 0.114. The van der Waals surface area contributed by atoms with E-state index in [1.165, 1.54) is 6.33 Å². The minimum Gasteiger partial charge on any atom is -0.456 e. The van der Waals surface area contributed by atoms with Gasteiger partial charge in [0.25, 0.3) is 11.9 Å². The molecule has 2 aliphatic heterocycles. The summed E-state index contributed by atoms with van der Waals surface area (Å²) in [5.41, 5.74) is 11.0. The summed E-state index contributed by atoms with van der Waals surface area (Å²) in [6.45, 7) is 1.92. The van der Waals surface area contributed by atoms with E-state index in [1.54, 1.807) is 4.57 Å². The number of hydrogen-bond acceptors (Lipinski definition) is 6. The molecule has 3 heterocycles. The molecule has 17 heavy (non-hydrogen) atoms. The van der Waals surface area contributed by atoms with Crippen LogP contribution in [0.5, 0.6) is 0 Å². The number of nitrogens with zero attached hydrogens (tertiary/aromatic N) is 3. The Kier molecular flexibility index (Phi) is 1.83. The van der Waals surface area contributed by atoms with Crippen LogP contribution in [0.25, 0.3) is 0 Å². The Morgan fingerprint density at radius 3 is 3.12 bits per heavy atom. The van der Waals surface area contributed by atoms with Crippen LogP contribution in [0.15, 0.2) is 11.3 Å². The zero-order valence-corrected chi connectivity index (χ0v) is 9.12. The van der Waals surface area contributed by atoms with Crippen LogP contribution >= 0.6 is 0 Å². The van der Waals surface area contributed by atoms with Gasteiger partial charge in [0.15, 0.2) is 18.0 Å². The molecule has 0 saturated carbocycles. The highest BCUT2D eigenvalue weighted by Crippen LogP contribution is 2.35. The first kappa shape index (κ1) is 9.94. The van der Waals surface area contributed by atoms with Crippen molar-refractivity contribution in [2.24, 2.45) is 16.5 Å². The van der Waals surface area contributed by atoms with Crippen molar-refractivity contribution in [3.8, 4) is 0 Å². The molecule has 1 aromatic heterocycles. The predicted molar refractivity (Wildman–Crippen MR) is 59.4 cm³/mol. The molecule has 2 aliphatic rings. The maximum absolute atomic E-state index is 11.2. The number of fused-ring (bicyclic) bond motifs is 3. The van der Waals surface area contributed by atoms with Gasteiger partial charge < -0.3 is 21.5 Å². The van der Waals surface area contributed by atoms with Gasteiger partial charge in [-0.25, -0.2) is 9.98 Å². The second-order valence-electron chi connectivity index (χ2n) is 4.11. The first-order valence-electron chi connectivity index (χ1n) is 5.21. The summed E-state index contributed by atoms with van der Waals surface area (Å²) >= 11 is 0. The van der Waals surface area contributed by atoms with E-state index in [2.05, 4.69) is 15.3 Å². The number of aromatic nitrogens is 2. The number of hydrogen-bond donors (Lipinski definition) is 3. The van der Waals surface area contributed by atoms with Crippen LogP contribution < -0.4 is 16.8 Å². The lowest BCUT2D eigenvalue weighted by molar-refractivity contribution is 0.0995. The summed E-state index contributed by atoms with van der Waals surface area (Å²) in [6.07, 6.45) is 1.02. The highest BCUT2D eigenvalue weighted by Gasteiger charge is 2.42. The van der Waals surface area contributed by atoms with Gasteiger partial charge >= 0.3 is 0 Å². The number of carbonyl (C=O) groups is 1. The topological polar surface area (TPSA) is 121 Å². The van der Waals surface area contributed by atoms with E-state index in [4.69, 9.17) is 16.2 Å². The maximum Gasteiger partial charge on any atom is 0.284 e. The molecule has 1 aromatic rings. The first-order valence-corrected chi connectivity index (χ1v) is 5.21. The van der Waals surface area contributed by atoms with Gasteiger partial charge in [0, 0.05) is 0 Å². The molecule has 90 valence electrons. The second kappa shape index (κ2) is 3.12. The molecule has 0 saturated heterocycles. The average Bonchev–Trinajstić information content (AvgIpc) is 2.80. The predicted octanol–water partition coefficient (Wildman–Crippen LogP) is -0.992. The summed E-state index contributed by atoms with van der Waals surface area (Å²) in [7, 11) is 0. The normalized spacial score (nSPS) is 29.7. The first-order chi connectivity index (χ1) is 8.08. The van der Waals surface area contributed by atoms with Crippen LogP contribution in [0.3, 0.4) is 0 Å². The van der Waals surface area contributed by atoms with E-state index < -0.39 is 5.91 Å². The van der Waals surface area contributed by atoms with Crippen molar-refractivity contribution in [2.75, 3.05) is 5.32 Å². The molecule has 0 aromatic carbocycles. The van der Waals surface area contributed by atoms with Crippen molar-refractivity contribution >= 4 is 17.7 Å². The largest absolute Gasteiger partial charge is 0.456 e. The van der Waals surface area contributed by atoms with Crippen molar-refractivity contribution in [2.45, 2.75) is 25.2 Å². The summed E-state index contributed by atoms with van der Waals surface area (Å²) in [5, 5.41) is 3.13. The van der Waals surface area contributed by atoms with E-state index in [1.807, 2.05) is 6.92 Å². The number of anilines is 1. The fraction of sp³-hybridized carbons (Fsp3) is 0.444. The molecule has 0 bridgehead atoms. The third kappa shape index (κ3) is 1.26. The molecule has 0 aliphatic carbocycles. The lowest BCUT2D eigenvalue weighted by atomic mass is 10.1. The fourth-order valence-corrected chi connectivity index (χ4v) is 2.20. The molecular formula is C9H12N6O2. The number of nitrogens with two attached hydrogens (primary N) is 2. The zero-order valence-electron chi connectivity index (χ0n) is 9.12.